The average molecular weight is 514 g/mol. The number of rotatable bonds is 8. The second-order valence-electron chi connectivity index (χ2n) is 10.6. The molecule has 1 unspecified atom stereocenters. The van der Waals surface area contributed by atoms with E-state index in [1.54, 1.807) is 7.11 Å². The van der Waals surface area contributed by atoms with Crippen molar-refractivity contribution in [3.8, 4) is 5.75 Å². The van der Waals surface area contributed by atoms with Crippen LogP contribution < -0.4 is 4.74 Å². The zero-order valence-corrected chi connectivity index (χ0v) is 22.7. The molecule has 1 atom stereocenters. The van der Waals surface area contributed by atoms with Crippen molar-refractivity contribution in [2.24, 2.45) is 0 Å². The quantitative estimate of drug-likeness (QED) is 0.229. The maximum absolute atomic E-state index is 13.3. The van der Waals surface area contributed by atoms with Crippen LogP contribution in [0.15, 0.2) is 78.4 Å². The second-order valence-corrected chi connectivity index (χ2v) is 10.6. The Hall–Kier alpha value is -3.90. The maximum atomic E-state index is 13.3. The van der Waals surface area contributed by atoms with E-state index < -0.39 is 17.7 Å². The zero-order chi connectivity index (χ0) is 27.4. The first-order chi connectivity index (χ1) is 18.1. The number of carbonyl (C=O) groups excluding carboxylic acids is 2. The number of aryl methyl sites for hydroxylation is 1. The number of aliphatic hydroxyl groups is 1. The van der Waals surface area contributed by atoms with E-state index in [9.17, 15) is 14.7 Å². The molecule has 6 nitrogen and oxygen atoms in total. The van der Waals surface area contributed by atoms with Gasteiger partial charge in [-0.15, -0.1) is 0 Å². The minimum Gasteiger partial charge on any atom is -0.507 e. The Morgan fingerprint density at radius 2 is 1.66 bits per heavy atom. The number of hydrogen-bond donors (Lipinski definition) is 1. The fraction of sp³-hybridized carbons (Fsp3) is 0.312. The van der Waals surface area contributed by atoms with Crippen LogP contribution in [0, 0.1) is 6.92 Å². The molecule has 1 saturated heterocycles. The van der Waals surface area contributed by atoms with Crippen LogP contribution in [0.4, 0.5) is 0 Å². The summed E-state index contributed by atoms with van der Waals surface area (Å²) in [6.45, 7) is 9.06. The van der Waals surface area contributed by atoms with Gasteiger partial charge in [-0.3, -0.25) is 9.59 Å². The molecule has 198 valence electrons. The van der Waals surface area contributed by atoms with Crippen molar-refractivity contribution in [1.82, 2.24) is 4.90 Å². The van der Waals surface area contributed by atoms with Crippen LogP contribution in [0.25, 0.3) is 5.76 Å². The number of carbonyl (C=O) groups is 2. The van der Waals surface area contributed by atoms with Crippen LogP contribution >= 0.6 is 0 Å². The molecular formula is C32H35NO5. The van der Waals surface area contributed by atoms with E-state index in [0.717, 1.165) is 16.7 Å². The molecule has 1 aliphatic heterocycles. The lowest BCUT2D eigenvalue weighted by Gasteiger charge is -2.26. The van der Waals surface area contributed by atoms with Crippen molar-refractivity contribution in [1.29, 1.82) is 0 Å². The van der Waals surface area contributed by atoms with Gasteiger partial charge in [0.15, 0.2) is 0 Å². The average Bonchev–Trinajstić information content (AvgIpc) is 3.15. The number of ether oxygens (including phenoxy) is 2. The first-order valence-corrected chi connectivity index (χ1v) is 12.8. The Kier molecular flexibility index (Phi) is 8.02. The Morgan fingerprint density at radius 3 is 2.29 bits per heavy atom. The Labute approximate surface area is 224 Å². The molecule has 0 spiro atoms. The summed E-state index contributed by atoms with van der Waals surface area (Å²) in [6, 6.07) is 22.3. The van der Waals surface area contributed by atoms with Gasteiger partial charge in [0.2, 0.25) is 0 Å². The Bertz CT molecular complexity index is 1340. The van der Waals surface area contributed by atoms with Gasteiger partial charge in [-0.1, -0.05) is 75.4 Å². The highest BCUT2D eigenvalue weighted by atomic mass is 16.5. The smallest absolute Gasteiger partial charge is 0.295 e. The molecule has 0 aromatic heterocycles. The maximum Gasteiger partial charge on any atom is 0.295 e. The van der Waals surface area contributed by atoms with Gasteiger partial charge in [0, 0.05) is 19.2 Å². The second kappa shape index (κ2) is 11.2. The largest absolute Gasteiger partial charge is 0.507 e. The molecule has 0 saturated carbocycles. The standard InChI is InChI=1S/C32H35NO5/c1-21-11-14-24(32(2,3)4)19-26(21)29(34)27-28(33(17-18-37-5)31(36)30(27)35)23-12-15-25(16-13-23)38-20-22-9-7-6-8-10-22/h6-16,19,28,34H,17-18,20H2,1-5H3/b29-27+. The number of hydrogen-bond acceptors (Lipinski definition) is 5. The lowest BCUT2D eigenvalue weighted by atomic mass is 9.84. The summed E-state index contributed by atoms with van der Waals surface area (Å²) in [5.74, 6) is -0.849. The number of nitrogens with zero attached hydrogens (tertiary/aromatic N) is 1. The molecule has 4 rings (SSSR count). The molecule has 6 heteroatoms. The van der Waals surface area contributed by atoms with Crippen LogP contribution in [0.3, 0.4) is 0 Å². The number of likely N-dealkylation sites (tertiary alicyclic amines) is 1. The van der Waals surface area contributed by atoms with Gasteiger partial charge in [0.1, 0.15) is 18.1 Å². The number of methoxy groups -OCH3 is 1. The Morgan fingerprint density at radius 1 is 0.974 bits per heavy atom. The molecule has 38 heavy (non-hydrogen) atoms. The normalized spacial score (nSPS) is 17.2. The highest BCUT2D eigenvalue weighted by molar-refractivity contribution is 6.46. The molecule has 3 aromatic carbocycles. The van der Waals surface area contributed by atoms with Crippen LogP contribution in [0.5, 0.6) is 5.75 Å². The predicted octanol–water partition coefficient (Wildman–Crippen LogP) is 5.94. The topological polar surface area (TPSA) is 76.1 Å². The number of benzene rings is 3. The van der Waals surface area contributed by atoms with Crippen LogP contribution in [-0.2, 0) is 26.3 Å². The van der Waals surface area contributed by atoms with Crippen molar-refractivity contribution in [2.45, 2.75) is 45.8 Å². The summed E-state index contributed by atoms with van der Waals surface area (Å²) in [7, 11) is 1.55. The summed E-state index contributed by atoms with van der Waals surface area (Å²) in [5.41, 5.74) is 4.09. The summed E-state index contributed by atoms with van der Waals surface area (Å²) in [5, 5.41) is 11.5. The van der Waals surface area contributed by atoms with Crippen molar-refractivity contribution in [2.75, 3.05) is 20.3 Å². The SMILES string of the molecule is COCCN1C(=O)C(=O)/C(=C(/O)c2cc(C(C)(C)C)ccc2C)C1c1ccc(OCc2ccccc2)cc1. The summed E-state index contributed by atoms with van der Waals surface area (Å²) >= 11 is 0. The molecule has 1 N–H and O–H groups in total. The highest BCUT2D eigenvalue weighted by Gasteiger charge is 2.46. The molecule has 0 bridgehead atoms. The molecule has 1 heterocycles. The minimum atomic E-state index is -0.744. The van der Waals surface area contributed by atoms with Gasteiger partial charge >= 0.3 is 0 Å². The predicted molar refractivity (Wildman–Crippen MR) is 148 cm³/mol. The number of ketones is 1. The van der Waals surface area contributed by atoms with Gasteiger partial charge in [-0.2, -0.15) is 0 Å². The van der Waals surface area contributed by atoms with Crippen molar-refractivity contribution in [3.05, 3.63) is 106 Å². The molecule has 0 aliphatic carbocycles. The zero-order valence-electron chi connectivity index (χ0n) is 22.7. The van der Waals surface area contributed by atoms with Crippen LogP contribution in [0.1, 0.15) is 54.6 Å². The first kappa shape index (κ1) is 27.1. The van der Waals surface area contributed by atoms with E-state index >= 15 is 0 Å². The fourth-order valence-corrected chi connectivity index (χ4v) is 4.62. The van der Waals surface area contributed by atoms with Gasteiger partial charge in [0.05, 0.1) is 18.2 Å². The lowest BCUT2D eigenvalue weighted by Crippen LogP contribution is -2.32. The van der Waals surface area contributed by atoms with Gasteiger partial charge in [-0.25, -0.2) is 0 Å². The van der Waals surface area contributed by atoms with E-state index in [0.29, 0.717) is 23.5 Å². The van der Waals surface area contributed by atoms with Gasteiger partial charge < -0.3 is 19.5 Å². The van der Waals surface area contributed by atoms with Crippen LogP contribution in [0.2, 0.25) is 0 Å². The van der Waals surface area contributed by atoms with Gasteiger partial charge in [-0.05, 0) is 52.8 Å². The fourth-order valence-electron chi connectivity index (χ4n) is 4.62. The van der Waals surface area contributed by atoms with Crippen LogP contribution in [-0.4, -0.2) is 42.0 Å². The molecule has 0 radical (unpaired) electrons. The summed E-state index contributed by atoms with van der Waals surface area (Å²) in [4.78, 5) is 27.9. The van der Waals surface area contributed by atoms with Crippen molar-refractivity contribution < 1.29 is 24.2 Å². The number of aliphatic hydroxyl groups excluding tert-OH is 1. The molecule has 1 amide bonds. The molecule has 1 aliphatic rings. The lowest BCUT2D eigenvalue weighted by molar-refractivity contribution is -0.140. The van der Waals surface area contributed by atoms with E-state index in [2.05, 4.69) is 20.8 Å². The molecule has 1 fully saturated rings. The van der Waals surface area contributed by atoms with Crippen molar-refractivity contribution in [3.63, 3.8) is 0 Å². The number of Topliss-reactive ketones (excluding diaryl/α,β-unsaturated/α-hetero) is 1. The minimum absolute atomic E-state index is 0.0817. The first-order valence-electron chi connectivity index (χ1n) is 12.8. The third-order valence-electron chi connectivity index (χ3n) is 6.88. The summed E-state index contributed by atoms with van der Waals surface area (Å²) < 4.78 is 11.1. The highest BCUT2D eigenvalue weighted by Crippen LogP contribution is 2.40. The van der Waals surface area contributed by atoms with E-state index in [1.807, 2.05) is 79.7 Å². The number of amides is 1. The van der Waals surface area contributed by atoms with Crippen molar-refractivity contribution >= 4 is 17.4 Å². The van der Waals surface area contributed by atoms with E-state index in [1.165, 1.54) is 4.90 Å². The van der Waals surface area contributed by atoms with E-state index in [4.69, 9.17) is 9.47 Å². The summed E-state index contributed by atoms with van der Waals surface area (Å²) in [6.07, 6.45) is 0. The Balaban J connectivity index is 1.74. The van der Waals surface area contributed by atoms with E-state index in [-0.39, 0.29) is 29.9 Å². The third-order valence-corrected chi connectivity index (χ3v) is 6.88. The molecule has 3 aromatic rings. The monoisotopic (exact) mass is 513 g/mol. The molecular weight excluding hydrogens is 478 g/mol. The van der Waals surface area contributed by atoms with Gasteiger partial charge in [0.25, 0.3) is 11.7 Å². The third kappa shape index (κ3) is 5.65.